The highest BCUT2D eigenvalue weighted by molar-refractivity contribution is 4.83. The molecule has 0 radical (unpaired) electrons. The van der Waals surface area contributed by atoms with E-state index in [-0.39, 0.29) is 0 Å². The molecular formula is C11H22. The van der Waals surface area contributed by atoms with Crippen LogP contribution < -0.4 is 0 Å². The molecule has 0 aromatic carbocycles. The first-order valence-corrected chi connectivity index (χ1v) is 5.18. The third-order valence-electron chi connectivity index (χ3n) is 3.26. The van der Waals surface area contributed by atoms with E-state index in [0.717, 1.165) is 11.3 Å². The Morgan fingerprint density at radius 2 is 1.73 bits per heavy atom. The molecule has 66 valence electrons. The van der Waals surface area contributed by atoms with E-state index in [4.69, 9.17) is 0 Å². The summed E-state index contributed by atoms with van der Waals surface area (Å²) in [6, 6.07) is 0. The van der Waals surface area contributed by atoms with Crippen molar-refractivity contribution in [3.8, 4) is 0 Å². The lowest BCUT2D eigenvalue weighted by atomic mass is 9.76. The van der Waals surface area contributed by atoms with Crippen LogP contribution in [0.3, 0.4) is 0 Å². The Labute approximate surface area is 71.4 Å². The first kappa shape index (κ1) is 9.09. The van der Waals surface area contributed by atoms with Crippen LogP contribution in [0, 0.1) is 11.3 Å². The van der Waals surface area contributed by atoms with Gasteiger partial charge in [-0.2, -0.15) is 0 Å². The van der Waals surface area contributed by atoms with Gasteiger partial charge in [-0.3, -0.25) is 0 Å². The van der Waals surface area contributed by atoms with Gasteiger partial charge in [0.1, 0.15) is 0 Å². The molecule has 0 heteroatoms. The molecule has 11 heavy (non-hydrogen) atoms. The maximum absolute atomic E-state index is 2.37. The van der Waals surface area contributed by atoms with Gasteiger partial charge in [-0.25, -0.2) is 0 Å². The van der Waals surface area contributed by atoms with E-state index in [0.29, 0.717) is 0 Å². The predicted octanol–water partition coefficient (Wildman–Crippen LogP) is 4.00. The van der Waals surface area contributed by atoms with E-state index in [1.54, 1.807) is 0 Å². The summed E-state index contributed by atoms with van der Waals surface area (Å²) in [6.45, 7) is 7.08. The zero-order valence-corrected chi connectivity index (χ0v) is 8.32. The maximum atomic E-state index is 2.37. The largest absolute Gasteiger partial charge is 0.0649 e. The molecule has 1 fully saturated rings. The standard InChI is InChI=1S/C11H22/c1-4-11(9-10(2)3)7-5-6-8-11/h10H,4-9H2,1-3H3. The SMILES string of the molecule is CCC1(CC(C)C)CCCC1. The van der Waals surface area contributed by atoms with Gasteiger partial charge < -0.3 is 0 Å². The van der Waals surface area contributed by atoms with Crippen LogP contribution >= 0.6 is 0 Å². The van der Waals surface area contributed by atoms with Crippen LogP contribution in [0.15, 0.2) is 0 Å². The normalized spacial score (nSPS) is 22.9. The molecule has 1 saturated carbocycles. The lowest BCUT2D eigenvalue weighted by Gasteiger charge is -2.29. The second-order valence-corrected chi connectivity index (χ2v) is 4.66. The Bertz CT molecular complexity index is 107. The molecule has 0 heterocycles. The Hall–Kier alpha value is 0. The molecule has 0 bridgehead atoms. The molecule has 0 atom stereocenters. The molecule has 0 unspecified atom stereocenters. The number of hydrogen-bond acceptors (Lipinski definition) is 0. The van der Waals surface area contributed by atoms with Gasteiger partial charge in [-0.1, -0.05) is 40.0 Å². The van der Waals surface area contributed by atoms with Crippen molar-refractivity contribution in [2.45, 2.75) is 59.3 Å². The third kappa shape index (κ3) is 2.21. The topological polar surface area (TPSA) is 0 Å². The maximum Gasteiger partial charge on any atom is -0.0298 e. The van der Waals surface area contributed by atoms with E-state index in [1.165, 1.54) is 38.5 Å². The first-order chi connectivity index (χ1) is 5.18. The van der Waals surface area contributed by atoms with E-state index in [2.05, 4.69) is 20.8 Å². The zero-order chi connectivity index (χ0) is 8.32. The van der Waals surface area contributed by atoms with Crippen molar-refractivity contribution in [3.63, 3.8) is 0 Å². The van der Waals surface area contributed by atoms with Crippen molar-refractivity contribution in [2.75, 3.05) is 0 Å². The molecule has 0 N–H and O–H groups in total. The second-order valence-electron chi connectivity index (χ2n) is 4.66. The fraction of sp³-hybridized carbons (Fsp3) is 1.00. The van der Waals surface area contributed by atoms with Crippen LogP contribution in [-0.2, 0) is 0 Å². The number of rotatable bonds is 3. The van der Waals surface area contributed by atoms with Gasteiger partial charge in [0.25, 0.3) is 0 Å². The van der Waals surface area contributed by atoms with Crippen molar-refractivity contribution in [1.82, 2.24) is 0 Å². The minimum atomic E-state index is 0.758. The summed E-state index contributed by atoms with van der Waals surface area (Å²) in [5.41, 5.74) is 0.758. The highest BCUT2D eigenvalue weighted by Gasteiger charge is 2.31. The molecule has 0 nitrogen and oxygen atoms in total. The van der Waals surface area contributed by atoms with Gasteiger partial charge in [0.05, 0.1) is 0 Å². The monoisotopic (exact) mass is 154 g/mol. The fourth-order valence-electron chi connectivity index (χ4n) is 2.69. The average Bonchev–Trinajstić information content (AvgIpc) is 2.36. The van der Waals surface area contributed by atoms with E-state index in [1.807, 2.05) is 0 Å². The van der Waals surface area contributed by atoms with Crippen LogP contribution in [0.5, 0.6) is 0 Å². The molecule has 0 aromatic rings. The second kappa shape index (κ2) is 3.60. The number of hydrogen-bond donors (Lipinski definition) is 0. The Kier molecular flexibility index (Phi) is 2.98. The van der Waals surface area contributed by atoms with Crippen molar-refractivity contribution in [3.05, 3.63) is 0 Å². The van der Waals surface area contributed by atoms with Gasteiger partial charge in [0.15, 0.2) is 0 Å². The molecular weight excluding hydrogens is 132 g/mol. The summed E-state index contributed by atoms with van der Waals surface area (Å²) < 4.78 is 0. The summed E-state index contributed by atoms with van der Waals surface area (Å²) in [6.07, 6.45) is 8.85. The van der Waals surface area contributed by atoms with Gasteiger partial charge in [0.2, 0.25) is 0 Å². The van der Waals surface area contributed by atoms with Crippen molar-refractivity contribution in [1.29, 1.82) is 0 Å². The summed E-state index contributed by atoms with van der Waals surface area (Å²) in [7, 11) is 0. The van der Waals surface area contributed by atoms with Crippen LogP contribution in [0.25, 0.3) is 0 Å². The molecule has 0 saturated heterocycles. The molecule has 1 aliphatic rings. The smallest absolute Gasteiger partial charge is 0.0298 e. The van der Waals surface area contributed by atoms with Crippen molar-refractivity contribution < 1.29 is 0 Å². The highest BCUT2D eigenvalue weighted by Crippen LogP contribution is 2.45. The van der Waals surface area contributed by atoms with Gasteiger partial charge in [-0.15, -0.1) is 0 Å². The predicted molar refractivity (Wildman–Crippen MR) is 50.6 cm³/mol. The van der Waals surface area contributed by atoms with Crippen LogP contribution in [-0.4, -0.2) is 0 Å². The van der Waals surface area contributed by atoms with Crippen LogP contribution in [0.2, 0.25) is 0 Å². The summed E-state index contributed by atoms with van der Waals surface area (Å²) in [4.78, 5) is 0. The average molecular weight is 154 g/mol. The Balaban J connectivity index is 2.45. The summed E-state index contributed by atoms with van der Waals surface area (Å²) >= 11 is 0. The van der Waals surface area contributed by atoms with E-state index < -0.39 is 0 Å². The molecule has 0 aromatic heterocycles. The molecule has 0 amide bonds. The lowest BCUT2D eigenvalue weighted by molar-refractivity contribution is 0.225. The van der Waals surface area contributed by atoms with Gasteiger partial charge >= 0.3 is 0 Å². The Morgan fingerprint density at radius 3 is 2.09 bits per heavy atom. The minimum absolute atomic E-state index is 0.758. The Morgan fingerprint density at radius 1 is 1.18 bits per heavy atom. The third-order valence-corrected chi connectivity index (χ3v) is 3.26. The van der Waals surface area contributed by atoms with E-state index >= 15 is 0 Å². The van der Waals surface area contributed by atoms with Gasteiger partial charge in [-0.05, 0) is 30.6 Å². The molecule has 1 aliphatic carbocycles. The van der Waals surface area contributed by atoms with E-state index in [9.17, 15) is 0 Å². The first-order valence-electron chi connectivity index (χ1n) is 5.18. The fourth-order valence-corrected chi connectivity index (χ4v) is 2.69. The molecule has 1 rings (SSSR count). The zero-order valence-electron chi connectivity index (χ0n) is 8.32. The summed E-state index contributed by atoms with van der Waals surface area (Å²) in [5, 5.41) is 0. The van der Waals surface area contributed by atoms with Crippen LogP contribution in [0.4, 0.5) is 0 Å². The quantitative estimate of drug-likeness (QED) is 0.576. The van der Waals surface area contributed by atoms with Crippen molar-refractivity contribution >= 4 is 0 Å². The van der Waals surface area contributed by atoms with Gasteiger partial charge in [0, 0.05) is 0 Å². The highest BCUT2D eigenvalue weighted by atomic mass is 14.4. The van der Waals surface area contributed by atoms with Crippen LogP contribution in [0.1, 0.15) is 59.3 Å². The molecule has 0 aliphatic heterocycles. The molecule has 0 spiro atoms. The summed E-state index contributed by atoms with van der Waals surface area (Å²) in [5.74, 6) is 0.896. The lowest BCUT2D eigenvalue weighted by Crippen LogP contribution is -2.17. The van der Waals surface area contributed by atoms with Crippen molar-refractivity contribution in [2.24, 2.45) is 11.3 Å². The minimum Gasteiger partial charge on any atom is -0.0649 e.